The molecule has 168 valence electrons. The van der Waals surface area contributed by atoms with Gasteiger partial charge in [0.2, 0.25) is 11.8 Å². The number of likely N-dealkylation sites (tertiary alicyclic amines) is 1. The van der Waals surface area contributed by atoms with Gasteiger partial charge in [0.25, 0.3) is 0 Å². The Morgan fingerprint density at radius 2 is 1.42 bits per heavy atom. The van der Waals surface area contributed by atoms with E-state index in [4.69, 9.17) is 0 Å². The van der Waals surface area contributed by atoms with E-state index in [1.165, 1.54) is 57.8 Å². The number of amides is 2. The normalized spacial score (nSPS) is 30.4. The summed E-state index contributed by atoms with van der Waals surface area (Å²) in [4.78, 5) is 30.6. The minimum absolute atomic E-state index is 0.0411. The van der Waals surface area contributed by atoms with E-state index in [9.17, 15) is 9.59 Å². The zero-order valence-corrected chi connectivity index (χ0v) is 18.7. The summed E-state index contributed by atoms with van der Waals surface area (Å²) in [5.74, 6) is -0.512. The summed E-state index contributed by atoms with van der Waals surface area (Å²) in [5.41, 5.74) is 0.930. The molecule has 1 saturated carbocycles. The molecule has 3 aliphatic heterocycles. The molecule has 0 radical (unpaired) electrons. The lowest BCUT2D eigenvalue weighted by Crippen LogP contribution is -2.58. The molecule has 2 unspecified atom stereocenters. The first-order valence-electron chi connectivity index (χ1n) is 12.6. The predicted molar refractivity (Wildman–Crippen MR) is 123 cm³/mol. The number of nitrogens with one attached hydrogen (secondary N) is 1. The second-order valence-corrected chi connectivity index (χ2v) is 10.2. The van der Waals surface area contributed by atoms with Crippen molar-refractivity contribution in [1.29, 1.82) is 0 Å². The summed E-state index contributed by atoms with van der Waals surface area (Å²) in [6.07, 6.45) is 14.2. The topological polar surface area (TPSA) is 52.7 Å². The van der Waals surface area contributed by atoms with Crippen molar-refractivity contribution in [1.82, 2.24) is 10.2 Å². The van der Waals surface area contributed by atoms with Crippen LogP contribution in [0.3, 0.4) is 0 Å². The Labute approximate surface area is 186 Å². The highest BCUT2D eigenvalue weighted by Crippen LogP contribution is 2.50. The van der Waals surface area contributed by atoms with Crippen LogP contribution in [0.5, 0.6) is 0 Å². The number of fused-ring (bicyclic) bond motifs is 2. The van der Waals surface area contributed by atoms with Crippen LogP contribution >= 0.6 is 0 Å². The van der Waals surface area contributed by atoms with Crippen LogP contribution in [0.2, 0.25) is 0 Å². The second-order valence-electron chi connectivity index (χ2n) is 10.2. The van der Waals surface area contributed by atoms with Gasteiger partial charge in [-0.15, -0.1) is 0 Å². The third kappa shape index (κ3) is 3.90. The maximum absolute atomic E-state index is 12.9. The van der Waals surface area contributed by atoms with Crippen molar-refractivity contribution in [2.24, 2.45) is 11.8 Å². The number of imide groups is 1. The molecular formula is C26H37N3O2. The van der Waals surface area contributed by atoms with Crippen LogP contribution in [-0.4, -0.2) is 47.9 Å². The summed E-state index contributed by atoms with van der Waals surface area (Å²) in [6.45, 7) is 2.74. The fraction of sp³-hybridized carbons (Fsp3) is 0.692. The number of hydrogen-bond donors (Lipinski definition) is 1. The third-order valence-electron chi connectivity index (χ3n) is 8.59. The highest BCUT2D eigenvalue weighted by atomic mass is 16.2. The van der Waals surface area contributed by atoms with Gasteiger partial charge in [0.15, 0.2) is 0 Å². The van der Waals surface area contributed by atoms with Gasteiger partial charge in [-0.3, -0.25) is 14.9 Å². The van der Waals surface area contributed by atoms with Gasteiger partial charge >= 0.3 is 0 Å². The maximum atomic E-state index is 12.9. The molecule has 5 nitrogen and oxygen atoms in total. The van der Waals surface area contributed by atoms with E-state index >= 15 is 0 Å². The molecule has 5 heteroatoms. The van der Waals surface area contributed by atoms with Gasteiger partial charge < -0.3 is 9.80 Å². The van der Waals surface area contributed by atoms with Crippen LogP contribution < -0.4 is 10.2 Å². The van der Waals surface area contributed by atoms with Gasteiger partial charge in [0, 0.05) is 31.4 Å². The number of anilines is 1. The standard InChI is InChI=1S/C26H37N3O2/c30-24-22-19-29(21-13-9-6-10-14-21)26(23(22)25(31)27-24)15-17-28(18-16-26)20-11-7-4-2-1-3-5-8-12-20/h6,9-10,13-14,20,22-23H,1-5,7-8,11-12,15-19H2,(H,27,30,31). The van der Waals surface area contributed by atoms with Gasteiger partial charge in [-0.1, -0.05) is 63.1 Å². The van der Waals surface area contributed by atoms with E-state index in [2.05, 4.69) is 39.4 Å². The predicted octanol–water partition coefficient (Wildman–Crippen LogP) is 4.12. The summed E-state index contributed by atoms with van der Waals surface area (Å²) in [7, 11) is 0. The van der Waals surface area contributed by atoms with Crippen molar-refractivity contribution < 1.29 is 9.59 Å². The highest BCUT2D eigenvalue weighted by Gasteiger charge is 2.62. The molecule has 3 saturated heterocycles. The molecule has 1 aliphatic carbocycles. The van der Waals surface area contributed by atoms with Crippen molar-refractivity contribution >= 4 is 17.5 Å². The smallest absolute Gasteiger partial charge is 0.232 e. The Hall–Kier alpha value is -1.88. The quantitative estimate of drug-likeness (QED) is 0.727. The van der Waals surface area contributed by atoms with Crippen molar-refractivity contribution in [3.63, 3.8) is 0 Å². The molecule has 31 heavy (non-hydrogen) atoms. The van der Waals surface area contributed by atoms with Crippen molar-refractivity contribution in [2.45, 2.75) is 82.2 Å². The average molecular weight is 424 g/mol. The van der Waals surface area contributed by atoms with Crippen LogP contribution in [0, 0.1) is 11.8 Å². The summed E-state index contributed by atoms with van der Waals surface area (Å²) >= 11 is 0. The van der Waals surface area contributed by atoms with Crippen molar-refractivity contribution in [3.05, 3.63) is 30.3 Å². The summed E-state index contributed by atoms with van der Waals surface area (Å²) < 4.78 is 0. The van der Waals surface area contributed by atoms with Gasteiger partial charge in [0.05, 0.1) is 17.4 Å². The molecule has 0 aromatic heterocycles. The molecule has 1 spiro atoms. The minimum Gasteiger partial charge on any atom is -0.364 e. The van der Waals surface area contributed by atoms with Crippen LogP contribution in [0.1, 0.15) is 70.6 Å². The highest BCUT2D eigenvalue weighted by molar-refractivity contribution is 6.07. The third-order valence-corrected chi connectivity index (χ3v) is 8.59. The number of carbonyl (C=O) groups is 2. The Kier molecular flexibility index (Phi) is 6.05. The maximum Gasteiger partial charge on any atom is 0.232 e. The molecule has 1 aromatic carbocycles. The largest absolute Gasteiger partial charge is 0.364 e. The van der Waals surface area contributed by atoms with Crippen LogP contribution in [0.4, 0.5) is 5.69 Å². The van der Waals surface area contributed by atoms with Gasteiger partial charge in [-0.05, 0) is 37.8 Å². The zero-order chi connectivity index (χ0) is 21.3. The number of piperidine rings is 1. The van der Waals surface area contributed by atoms with E-state index in [0.717, 1.165) is 31.6 Å². The van der Waals surface area contributed by atoms with Crippen LogP contribution in [0.15, 0.2) is 30.3 Å². The Balaban J connectivity index is 1.35. The monoisotopic (exact) mass is 423 g/mol. The number of para-hydroxylation sites is 1. The number of nitrogens with zero attached hydrogens (tertiary/aromatic N) is 2. The van der Waals surface area contributed by atoms with Crippen molar-refractivity contribution in [3.8, 4) is 0 Å². The minimum atomic E-state index is -0.227. The van der Waals surface area contributed by atoms with Gasteiger partial charge in [-0.25, -0.2) is 0 Å². The fourth-order valence-electron chi connectivity index (χ4n) is 6.96. The lowest BCUT2D eigenvalue weighted by Gasteiger charge is -2.49. The summed E-state index contributed by atoms with van der Waals surface area (Å²) in [5, 5.41) is 2.65. The number of hydrogen-bond acceptors (Lipinski definition) is 4. The Bertz CT molecular complexity index is 777. The van der Waals surface area contributed by atoms with Gasteiger partial charge in [0.1, 0.15) is 0 Å². The Morgan fingerprint density at radius 1 is 0.806 bits per heavy atom. The molecule has 2 amide bonds. The van der Waals surface area contributed by atoms with E-state index in [-0.39, 0.29) is 29.2 Å². The first kappa shape index (κ1) is 21.0. The first-order chi connectivity index (χ1) is 15.2. The fourth-order valence-corrected chi connectivity index (χ4v) is 6.96. The molecule has 1 aromatic rings. The Morgan fingerprint density at radius 3 is 2.06 bits per heavy atom. The summed E-state index contributed by atoms with van der Waals surface area (Å²) in [6, 6.07) is 11.1. The molecule has 2 atom stereocenters. The first-order valence-corrected chi connectivity index (χ1v) is 12.6. The lowest BCUT2D eigenvalue weighted by molar-refractivity contribution is -0.127. The van der Waals surface area contributed by atoms with Crippen LogP contribution in [0.25, 0.3) is 0 Å². The molecule has 0 bridgehead atoms. The lowest BCUT2D eigenvalue weighted by atomic mass is 9.74. The van der Waals surface area contributed by atoms with E-state index in [0.29, 0.717) is 12.6 Å². The SMILES string of the molecule is O=C1NC(=O)C2C1CN(c1ccccc1)C21CCN(C2CCCCCCCCC2)CC1. The van der Waals surface area contributed by atoms with Gasteiger partial charge in [-0.2, -0.15) is 0 Å². The molecule has 4 fully saturated rings. The van der Waals surface area contributed by atoms with E-state index in [1.807, 2.05) is 6.07 Å². The van der Waals surface area contributed by atoms with E-state index in [1.54, 1.807) is 0 Å². The van der Waals surface area contributed by atoms with E-state index < -0.39 is 0 Å². The average Bonchev–Trinajstić information content (AvgIpc) is 3.28. The zero-order valence-electron chi connectivity index (χ0n) is 18.7. The number of carbonyl (C=O) groups excluding carboxylic acids is 2. The van der Waals surface area contributed by atoms with Crippen molar-refractivity contribution in [2.75, 3.05) is 24.5 Å². The molecular weight excluding hydrogens is 386 g/mol. The molecule has 5 rings (SSSR count). The second kappa shape index (κ2) is 8.93. The van der Waals surface area contributed by atoms with Crippen LogP contribution in [-0.2, 0) is 9.59 Å². The molecule has 4 aliphatic rings. The number of benzene rings is 1. The number of rotatable bonds is 2. The molecule has 3 heterocycles. The molecule has 1 N–H and O–H groups in total.